The zero-order chi connectivity index (χ0) is 21.4. The van der Waals surface area contributed by atoms with Gasteiger partial charge in [-0.15, -0.1) is 0 Å². The van der Waals surface area contributed by atoms with Crippen LogP contribution in [0.2, 0.25) is 0 Å². The van der Waals surface area contributed by atoms with Crippen molar-refractivity contribution in [3.05, 3.63) is 29.3 Å². The quantitative estimate of drug-likeness (QED) is 0.446. The van der Waals surface area contributed by atoms with Gasteiger partial charge in [-0.3, -0.25) is 0 Å². The van der Waals surface area contributed by atoms with Gasteiger partial charge in [-0.1, -0.05) is 0 Å². The van der Waals surface area contributed by atoms with Crippen LogP contribution in [0.25, 0.3) is 0 Å². The third-order valence-electron chi connectivity index (χ3n) is 4.80. The SMILES string of the molecule is COCCCN1CCCN(S(=O)(=O)c2cc(C(=O)OC)ccc2C(=O)OC)CC1. The van der Waals surface area contributed by atoms with E-state index in [2.05, 4.69) is 9.64 Å². The number of benzene rings is 1. The highest BCUT2D eigenvalue weighted by molar-refractivity contribution is 7.89. The van der Waals surface area contributed by atoms with Crippen LogP contribution in [0.1, 0.15) is 33.6 Å². The van der Waals surface area contributed by atoms with E-state index in [4.69, 9.17) is 9.47 Å². The van der Waals surface area contributed by atoms with Crippen molar-refractivity contribution in [3.8, 4) is 0 Å². The molecule has 1 aliphatic heterocycles. The molecule has 0 bridgehead atoms. The Labute approximate surface area is 171 Å². The average molecular weight is 429 g/mol. The van der Waals surface area contributed by atoms with E-state index in [1.807, 2.05) is 0 Å². The summed E-state index contributed by atoms with van der Waals surface area (Å²) in [5.74, 6) is -1.46. The Morgan fingerprint density at radius 2 is 1.72 bits per heavy atom. The van der Waals surface area contributed by atoms with Gasteiger partial charge in [0.05, 0.1) is 30.2 Å². The number of methoxy groups -OCH3 is 3. The first-order chi connectivity index (χ1) is 13.8. The molecule has 1 saturated heterocycles. The van der Waals surface area contributed by atoms with E-state index in [0.717, 1.165) is 19.5 Å². The lowest BCUT2D eigenvalue weighted by molar-refractivity contribution is 0.0583. The number of nitrogens with zero attached hydrogens (tertiary/aromatic N) is 2. The molecule has 29 heavy (non-hydrogen) atoms. The smallest absolute Gasteiger partial charge is 0.339 e. The fourth-order valence-electron chi connectivity index (χ4n) is 3.24. The van der Waals surface area contributed by atoms with Crippen molar-refractivity contribution >= 4 is 22.0 Å². The molecule has 0 spiro atoms. The van der Waals surface area contributed by atoms with Crippen molar-refractivity contribution in [3.63, 3.8) is 0 Å². The van der Waals surface area contributed by atoms with E-state index in [1.165, 1.54) is 36.7 Å². The van der Waals surface area contributed by atoms with E-state index in [9.17, 15) is 18.0 Å². The molecule has 0 aliphatic carbocycles. The lowest BCUT2D eigenvalue weighted by Gasteiger charge is -2.22. The number of hydrogen-bond acceptors (Lipinski definition) is 8. The van der Waals surface area contributed by atoms with Crippen LogP contribution in [0.15, 0.2) is 23.1 Å². The van der Waals surface area contributed by atoms with Crippen LogP contribution in [0.4, 0.5) is 0 Å². The van der Waals surface area contributed by atoms with Gasteiger partial charge < -0.3 is 19.1 Å². The molecule has 0 amide bonds. The number of sulfonamides is 1. The highest BCUT2D eigenvalue weighted by atomic mass is 32.2. The third-order valence-corrected chi connectivity index (χ3v) is 6.73. The van der Waals surface area contributed by atoms with Crippen LogP contribution in [0.5, 0.6) is 0 Å². The minimum Gasteiger partial charge on any atom is -0.465 e. The van der Waals surface area contributed by atoms with Gasteiger partial charge >= 0.3 is 11.9 Å². The Hall–Kier alpha value is -2.01. The Balaban J connectivity index is 2.31. The van der Waals surface area contributed by atoms with E-state index >= 15 is 0 Å². The minimum atomic E-state index is -4.01. The lowest BCUT2D eigenvalue weighted by atomic mass is 10.1. The van der Waals surface area contributed by atoms with Gasteiger partial charge in [-0.25, -0.2) is 18.0 Å². The van der Waals surface area contributed by atoms with Crippen LogP contribution in [-0.2, 0) is 24.2 Å². The van der Waals surface area contributed by atoms with Gasteiger partial charge in [0, 0.05) is 39.9 Å². The summed E-state index contributed by atoms with van der Waals surface area (Å²) >= 11 is 0. The van der Waals surface area contributed by atoms with Crippen molar-refractivity contribution in [1.29, 1.82) is 0 Å². The molecule has 9 nitrogen and oxygen atoms in total. The number of hydrogen-bond donors (Lipinski definition) is 0. The maximum Gasteiger partial charge on any atom is 0.339 e. The molecule has 2 rings (SSSR count). The summed E-state index contributed by atoms with van der Waals surface area (Å²) in [4.78, 5) is 26.0. The first kappa shape index (κ1) is 23.3. The molecule has 10 heteroatoms. The van der Waals surface area contributed by atoms with Crippen LogP contribution in [0, 0.1) is 0 Å². The van der Waals surface area contributed by atoms with Gasteiger partial charge in [-0.2, -0.15) is 4.31 Å². The van der Waals surface area contributed by atoms with Crippen molar-refractivity contribution in [1.82, 2.24) is 9.21 Å². The molecule has 0 atom stereocenters. The third kappa shape index (κ3) is 5.75. The van der Waals surface area contributed by atoms with Gasteiger partial charge in [0.1, 0.15) is 0 Å². The molecule has 162 valence electrons. The standard InChI is InChI=1S/C19H28N2O7S/c1-26-13-5-9-20-8-4-10-21(12-11-20)29(24,25)17-14-15(18(22)27-2)6-7-16(17)19(23)28-3/h6-7,14H,4-5,8-13H2,1-3H3. The molecule has 0 aromatic heterocycles. The van der Waals surface area contributed by atoms with Crippen molar-refractivity contribution in [2.45, 2.75) is 17.7 Å². The summed E-state index contributed by atoms with van der Waals surface area (Å²) in [7, 11) is 0.0237. The number of carbonyl (C=O) groups is 2. The molecular formula is C19H28N2O7S. The number of esters is 2. The first-order valence-corrected chi connectivity index (χ1v) is 10.8. The molecule has 0 unspecified atom stereocenters. The van der Waals surface area contributed by atoms with Gasteiger partial charge in [0.15, 0.2) is 0 Å². The largest absolute Gasteiger partial charge is 0.465 e. The second-order valence-electron chi connectivity index (χ2n) is 6.64. The van der Waals surface area contributed by atoms with Gasteiger partial charge in [0.25, 0.3) is 0 Å². The predicted molar refractivity (Wildman–Crippen MR) is 105 cm³/mol. The zero-order valence-electron chi connectivity index (χ0n) is 17.0. The Morgan fingerprint density at radius 1 is 1.00 bits per heavy atom. The van der Waals surface area contributed by atoms with E-state index < -0.39 is 22.0 Å². The average Bonchev–Trinajstić information content (AvgIpc) is 2.98. The molecule has 1 fully saturated rings. The topological polar surface area (TPSA) is 102 Å². The fourth-order valence-corrected chi connectivity index (χ4v) is 4.92. The normalized spacial score (nSPS) is 16.2. The summed E-state index contributed by atoms with van der Waals surface area (Å²) in [6.07, 6.45) is 1.54. The predicted octanol–water partition coefficient (Wildman–Crippen LogP) is 0.993. The molecular weight excluding hydrogens is 400 g/mol. The number of ether oxygens (including phenoxy) is 3. The zero-order valence-corrected chi connectivity index (χ0v) is 17.9. The van der Waals surface area contributed by atoms with Crippen molar-refractivity contribution in [2.24, 2.45) is 0 Å². The van der Waals surface area contributed by atoms with Crippen LogP contribution in [0.3, 0.4) is 0 Å². The Kier molecular flexibility index (Phi) is 8.57. The van der Waals surface area contributed by atoms with Crippen LogP contribution < -0.4 is 0 Å². The Bertz CT molecular complexity index is 826. The van der Waals surface area contributed by atoms with E-state index in [-0.39, 0.29) is 16.0 Å². The van der Waals surface area contributed by atoms with Crippen LogP contribution in [-0.4, -0.2) is 90.2 Å². The lowest BCUT2D eigenvalue weighted by Crippen LogP contribution is -2.36. The summed E-state index contributed by atoms with van der Waals surface area (Å²) in [6.45, 7) is 3.45. The van der Waals surface area contributed by atoms with E-state index in [0.29, 0.717) is 32.7 Å². The minimum absolute atomic E-state index is 0.0507. The highest BCUT2D eigenvalue weighted by Crippen LogP contribution is 2.24. The number of carbonyl (C=O) groups excluding carboxylic acids is 2. The summed E-state index contributed by atoms with van der Waals surface area (Å²) < 4.78 is 42.5. The van der Waals surface area contributed by atoms with Gasteiger partial charge in [0.2, 0.25) is 10.0 Å². The molecule has 0 radical (unpaired) electrons. The maximum atomic E-state index is 13.3. The highest BCUT2D eigenvalue weighted by Gasteiger charge is 2.32. The molecule has 1 aliphatic rings. The van der Waals surface area contributed by atoms with Gasteiger partial charge in [-0.05, 0) is 37.6 Å². The maximum absolute atomic E-state index is 13.3. The molecule has 0 N–H and O–H groups in total. The summed E-state index contributed by atoms with van der Waals surface area (Å²) in [6, 6.07) is 3.80. The monoisotopic (exact) mass is 428 g/mol. The Morgan fingerprint density at radius 3 is 2.38 bits per heavy atom. The second-order valence-corrected chi connectivity index (χ2v) is 8.55. The summed E-state index contributed by atoms with van der Waals surface area (Å²) in [5, 5.41) is 0. The molecule has 0 saturated carbocycles. The second kappa shape index (κ2) is 10.7. The van der Waals surface area contributed by atoms with Crippen molar-refractivity contribution < 1.29 is 32.2 Å². The van der Waals surface area contributed by atoms with E-state index in [1.54, 1.807) is 7.11 Å². The first-order valence-electron chi connectivity index (χ1n) is 9.37. The number of rotatable bonds is 8. The molecule has 1 aromatic rings. The molecule has 1 aromatic carbocycles. The summed E-state index contributed by atoms with van der Waals surface area (Å²) in [5.41, 5.74) is -0.0592. The van der Waals surface area contributed by atoms with Crippen LogP contribution >= 0.6 is 0 Å². The molecule has 1 heterocycles. The fraction of sp³-hybridized carbons (Fsp3) is 0.579. The van der Waals surface area contributed by atoms with Crippen molar-refractivity contribution in [2.75, 3.05) is 60.7 Å².